The average Bonchev–Trinajstić information content (AvgIpc) is 3.37. The predicted octanol–water partition coefficient (Wildman–Crippen LogP) is 4.38. The number of aromatic nitrogens is 1. The molecule has 2 N–H and O–H groups in total. The topological polar surface area (TPSA) is 137 Å². The number of carbonyl (C=O) groups is 2. The molecule has 1 aliphatic heterocycles. The van der Waals surface area contributed by atoms with Crippen molar-refractivity contribution in [1.29, 1.82) is 0 Å². The van der Waals surface area contributed by atoms with Gasteiger partial charge in [0.05, 0.1) is 23.1 Å². The van der Waals surface area contributed by atoms with E-state index in [1.165, 1.54) is 6.92 Å². The number of amides is 2. The fourth-order valence-corrected chi connectivity index (χ4v) is 5.95. The molecule has 1 aromatic heterocycles. The second kappa shape index (κ2) is 14.8. The van der Waals surface area contributed by atoms with Gasteiger partial charge in [-0.25, -0.2) is 8.78 Å². The largest absolute Gasteiger partial charge is 0.530 e. The number of hydrogen-bond acceptors (Lipinski definition) is 8. The lowest BCUT2D eigenvalue weighted by atomic mass is 9.74. The summed E-state index contributed by atoms with van der Waals surface area (Å²) in [5.41, 5.74) is 1.52. The highest BCUT2D eigenvalue weighted by atomic mass is 79.9. The van der Waals surface area contributed by atoms with Crippen molar-refractivity contribution in [2.75, 3.05) is 32.8 Å². The number of alkyl halides is 2. The molecule has 244 valence electrons. The van der Waals surface area contributed by atoms with Crippen LogP contribution < -0.4 is 10.4 Å². The van der Waals surface area contributed by atoms with Crippen LogP contribution in [0.3, 0.4) is 0 Å². The van der Waals surface area contributed by atoms with Crippen LogP contribution in [0, 0.1) is 0 Å². The van der Waals surface area contributed by atoms with E-state index in [0.29, 0.717) is 40.0 Å². The molecule has 13 heteroatoms. The molecule has 4 rings (SSSR count). The first kappa shape index (κ1) is 34.5. The van der Waals surface area contributed by atoms with Crippen molar-refractivity contribution >= 4 is 27.9 Å². The summed E-state index contributed by atoms with van der Waals surface area (Å²) in [4.78, 5) is 24.3. The average molecular weight is 694 g/mol. The van der Waals surface area contributed by atoms with Gasteiger partial charge in [-0.3, -0.25) is 4.79 Å². The van der Waals surface area contributed by atoms with Gasteiger partial charge in [0.1, 0.15) is 30.6 Å². The highest BCUT2D eigenvalue weighted by Gasteiger charge is 2.46. The third-order valence-corrected chi connectivity index (χ3v) is 8.45. The minimum absolute atomic E-state index is 0.0298. The van der Waals surface area contributed by atoms with Crippen LogP contribution in [0.1, 0.15) is 55.5 Å². The van der Waals surface area contributed by atoms with Gasteiger partial charge in [0.2, 0.25) is 5.91 Å². The van der Waals surface area contributed by atoms with Gasteiger partial charge in [0, 0.05) is 32.1 Å². The normalized spacial score (nSPS) is 18.8. The molecule has 0 spiro atoms. The lowest BCUT2D eigenvalue weighted by Crippen LogP contribution is -2.53. The van der Waals surface area contributed by atoms with Gasteiger partial charge >= 0.3 is 0 Å². The molecule has 45 heavy (non-hydrogen) atoms. The number of carboxylic acid groups (broad SMARTS) is 1. The van der Waals surface area contributed by atoms with E-state index in [9.17, 15) is 28.6 Å². The highest BCUT2D eigenvalue weighted by molar-refractivity contribution is 9.10. The van der Waals surface area contributed by atoms with E-state index in [4.69, 9.17) is 14.0 Å². The van der Waals surface area contributed by atoms with E-state index in [1.807, 2.05) is 24.3 Å². The molecule has 0 aliphatic carbocycles. The number of carbonyl (C=O) groups excluding carboxylic acids is 2. The van der Waals surface area contributed by atoms with Crippen LogP contribution in [0.2, 0.25) is 0 Å². The Morgan fingerprint density at radius 3 is 2.60 bits per heavy atom. The van der Waals surface area contributed by atoms with Crippen LogP contribution in [0.25, 0.3) is 11.3 Å². The number of aliphatic hydroxyl groups is 1. The zero-order valence-electron chi connectivity index (χ0n) is 25.4. The summed E-state index contributed by atoms with van der Waals surface area (Å²) >= 11 is 3.60. The van der Waals surface area contributed by atoms with E-state index >= 15 is 0 Å². The lowest BCUT2D eigenvalue weighted by molar-refractivity contribution is -0.268. The molecule has 2 heterocycles. The van der Waals surface area contributed by atoms with Crippen molar-refractivity contribution in [3.05, 3.63) is 75.4 Å². The highest BCUT2D eigenvalue weighted by Crippen LogP contribution is 2.47. The molecule has 2 aromatic carbocycles. The molecule has 2 atom stereocenters. The monoisotopic (exact) mass is 692 g/mol. The van der Waals surface area contributed by atoms with Crippen molar-refractivity contribution in [2.24, 2.45) is 0 Å². The van der Waals surface area contributed by atoms with Gasteiger partial charge < -0.3 is 39.2 Å². The summed E-state index contributed by atoms with van der Waals surface area (Å²) in [6, 6.07) is 14.2. The zero-order chi connectivity index (χ0) is 32.8. The van der Waals surface area contributed by atoms with E-state index in [1.54, 1.807) is 38.1 Å². The SMILES string of the molecule is CC(=O)NCCc1ccccc1-c1onc([C@H]2CN(C(=O)[O-])CC[C@]2(O)c2ccc(COCC(F)(F)COC(C)C)cc2)c1Br. The molecule has 2 amide bonds. The van der Waals surface area contributed by atoms with Gasteiger partial charge in [-0.15, -0.1) is 0 Å². The zero-order valence-corrected chi connectivity index (χ0v) is 26.9. The Labute approximate surface area is 268 Å². The van der Waals surface area contributed by atoms with Gasteiger partial charge in [-0.05, 0) is 59.3 Å². The van der Waals surface area contributed by atoms with E-state index < -0.39 is 36.7 Å². The Kier molecular flexibility index (Phi) is 11.3. The molecule has 1 aliphatic rings. The summed E-state index contributed by atoms with van der Waals surface area (Å²) in [5.74, 6) is -3.71. The number of piperidine rings is 1. The second-order valence-corrected chi connectivity index (χ2v) is 12.2. The van der Waals surface area contributed by atoms with Crippen LogP contribution in [-0.2, 0) is 32.9 Å². The van der Waals surface area contributed by atoms with Gasteiger partial charge in [0.25, 0.3) is 5.92 Å². The van der Waals surface area contributed by atoms with Crippen molar-refractivity contribution in [3.63, 3.8) is 0 Å². The minimum atomic E-state index is -3.13. The standard InChI is InChI=1S/C32H38BrF2N3O7/c1-20(2)44-19-31(34,35)18-43-17-22-8-10-24(11-9-22)32(42)13-15-38(30(40)41)16-26(32)28-27(33)29(45-37-28)25-7-5-4-6-23(25)12-14-36-21(3)39/h4-11,20,26,42H,12-19H2,1-3H3,(H,36,39)(H,40,41)/p-1/t26-,32+/m1/s1. The first-order valence-electron chi connectivity index (χ1n) is 14.6. The minimum Gasteiger partial charge on any atom is -0.530 e. The lowest BCUT2D eigenvalue weighted by Gasteiger charge is -2.45. The number of benzene rings is 2. The van der Waals surface area contributed by atoms with Gasteiger partial charge in [-0.2, -0.15) is 0 Å². The van der Waals surface area contributed by atoms with Crippen molar-refractivity contribution in [2.45, 2.75) is 63.8 Å². The quantitative estimate of drug-likeness (QED) is 0.269. The summed E-state index contributed by atoms with van der Waals surface area (Å²) in [6.45, 7) is 3.54. The molecule has 1 saturated heterocycles. The number of halogens is 3. The first-order chi connectivity index (χ1) is 21.3. The fourth-order valence-electron chi connectivity index (χ4n) is 5.31. The van der Waals surface area contributed by atoms with Crippen LogP contribution in [0.5, 0.6) is 0 Å². The molecule has 0 unspecified atom stereocenters. The van der Waals surface area contributed by atoms with Gasteiger partial charge in [-0.1, -0.05) is 53.7 Å². The Hall–Kier alpha value is -3.39. The third-order valence-electron chi connectivity index (χ3n) is 7.68. The fraction of sp³-hybridized carbons (Fsp3) is 0.469. The molecule has 0 saturated carbocycles. The van der Waals surface area contributed by atoms with Crippen molar-refractivity contribution < 1.29 is 42.6 Å². The smallest absolute Gasteiger partial charge is 0.293 e. The Morgan fingerprint density at radius 2 is 1.93 bits per heavy atom. The number of ether oxygens (including phenoxy) is 2. The van der Waals surface area contributed by atoms with E-state index in [-0.39, 0.29) is 38.1 Å². The maximum Gasteiger partial charge on any atom is 0.293 e. The van der Waals surface area contributed by atoms with Crippen molar-refractivity contribution in [3.8, 4) is 11.3 Å². The summed E-state index contributed by atoms with van der Waals surface area (Å²) in [6.07, 6.45) is -1.11. The number of nitrogens with one attached hydrogen (secondary N) is 1. The second-order valence-electron chi connectivity index (χ2n) is 11.4. The number of rotatable bonds is 13. The number of hydrogen-bond donors (Lipinski definition) is 2. The van der Waals surface area contributed by atoms with Crippen molar-refractivity contribution in [1.82, 2.24) is 15.4 Å². The van der Waals surface area contributed by atoms with Crippen LogP contribution in [0.4, 0.5) is 13.6 Å². The van der Waals surface area contributed by atoms with E-state index in [0.717, 1.165) is 16.0 Å². The molecule has 3 aromatic rings. The molecule has 10 nitrogen and oxygen atoms in total. The Bertz CT molecular complexity index is 1470. The van der Waals surface area contributed by atoms with Crippen LogP contribution >= 0.6 is 15.9 Å². The Morgan fingerprint density at radius 1 is 1.22 bits per heavy atom. The number of likely N-dealkylation sites (tertiary alicyclic amines) is 1. The first-order valence-corrected chi connectivity index (χ1v) is 15.4. The van der Waals surface area contributed by atoms with E-state index in [2.05, 4.69) is 26.4 Å². The summed E-state index contributed by atoms with van der Waals surface area (Å²) < 4.78 is 44.5. The maximum absolute atomic E-state index is 14.0. The molecule has 1 fully saturated rings. The maximum atomic E-state index is 14.0. The number of nitrogens with zero attached hydrogens (tertiary/aromatic N) is 2. The Balaban J connectivity index is 1.57. The third kappa shape index (κ3) is 8.66. The summed E-state index contributed by atoms with van der Waals surface area (Å²) in [7, 11) is 0. The van der Waals surface area contributed by atoms with Crippen LogP contribution in [-0.4, -0.2) is 72.0 Å². The predicted molar refractivity (Wildman–Crippen MR) is 162 cm³/mol. The van der Waals surface area contributed by atoms with Gasteiger partial charge in [0.15, 0.2) is 5.76 Å². The molecular formula is C32H37BrF2N3O7-. The molecule has 0 radical (unpaired) electrons. The molecular weight excluding hydrogens is 656 g/mol. The molecule has 0 bridgehead atoms. The van der Waals surface area contributed by atoms with Crippen LogP contribution in [0.15, 0.2) is 57.5 Å². The summed E-state index contributed by atoms with van der Waals surface area (Å²) in [5, 5.41) is 31.0.